The molecular weight excluding hydrogens is 271 g/mol. The molecule has 0 aliphatic carbocycles. The van der Waals surface area contributed by atoms with Gasteiger partial charge in [0.25, 0.3) is 0 Å². The molecule has 1 N–H and O–H groups in total. The Morgan fingerprint density at radius 1 is 1.31 bits per heavy atom. The Kier molecular flexibility index (Phi) is 4.32. The molecule has 0 radical (unpaired) electrons. The summed E-state index contributed by atoms with van der Waals surface area (Å²) in [6.07, 6.45) is 1.18. The lowest BCUT2D eigenvalue weighted by Gasteiger charge is -2.20. The average molecular weight is 287 g/mol. The summed E-state index contributed by atoms with van der Waals surface area (Å²) in [6, 6.07) is 4.92. The fourth-order valence-electron chi connectivity index (χ4n) is 1.95. The summed E-state index contributed by atoms with van der Waals surface area (Å²) in [4.78, 5) is 2.40. The number of hydrogen-bond acceptors (Lipinski definition) is 2. The molecule has 2 rings (SSSR count). The third kappa shape index (κ3) is 3.27. The Morgan fingerprint density at radius 2 is 2.19 bits per heavy atom. The van der Waals surface area contributed by atoms with Gasteiger partial charge in [-0.05, 0) is 37.2 Å². The topological polar surface area (TPSA) is 15.3 Å². The van der Waals surface area contributed by atoms with Crippen LogP contribution in [0.25, 0.3) is 0 Å². The molecule has 88 valence electrons. The molecule has 0 bridgehead atoms. The van der Waals surface area contributed by atoms with Crippen LogP contribution in [-0.4, -0.2) is 31.1 Å². The number of halogens is 2. The van der Waals surface area contributed by atoms with Crippen LogP contribution in [0.2, 0.25) is 0 Å². The molecule has 1 heterocycles. The van der Waals surface area contributed by atoms with Crippen LogP contribution in [-0.2, 0) is 6.54 Å². The van der Waals surface area contributed by atoms with Gasteiger partial charge in [-0.15, -0.1) is 0 Å². The van der Waals surface area contributed by atoms with E-state index in [0.717, 1.165) is 42.8 Å². The van der Waals surface area contributed by atoms with E-state index in [-0.39, 0.29) is 5.82 Å². The van der Waals surface area contributed by atoms with E-state index in [1.807, 2.05) is 6.07 Å². The molecule has 0 amide bonds. The maximum atomic E-state index is 12.9. The lowest BCUT2D eigenvalue weighted by atomic mass is 10.2. The summed E-state index contributed by atoms with van der Waals surface area (Å²) in [5, 5.41) is 3.37. The molecule has 1 aliphatic rings. The summed E-state index contributed by atoms with van der Waals surface area (Å²) >= 11 is 3.41. The number of benzene rings is 1. The third-order valence-electron chi connectivity index (χ3n) is 2.84. The summed E-state index contributed by atoms with van der Waals surface area (Å²) in [5.74, 6) is -0.187. The normalized spacial score (nSPS) is 18.4. The summed E-state index contributed by atoms with van der Waals surface area (Å²) in [5.41, 5.74) is 1.16. The zero-order valence-electron chi connectivity index (χ0n) is 9.18. The summed E-state index contributed by atoms with van der Waals surface area (Å²) < 4.78 is 13.8. The van der Waals surface area contributed by atoms with Gasteiger partial charge in [0.05, 0.1) is 0 Å². The van der Waals surface area contributed by atoms with Gasteiger partial charge in [0.15, 0.2) is 0 Å². The van der Waals surface area contributed by atoms with Crippen molar-refractivity contribution in [3.8, 4) is 0 Å². The van der Waals surface area contributed by atoms with Crippen LogP contribution in [0.4, 0.5) is 4.39 Å². The monoisotopic (exact) mass is 286 g/mol. The van der Waals surface area contributed by atoms with Crippen LogP contribution in [0.15, 0.2) is 22.7 Å². The molecule has 0 spiro atoms. The van der Waals surface area contributed by atoms with Crippen molar-refractivity contribution >= 4 is 15.9 Å². The number of hydrogen-bond donors (Lipinski definition) is 1. The van der Waals surface area contributed by atoms with Gasteiger partial charge >= 0.3 is 0 Å². The van der Waals surface area contributed by atoms with Gasteiger partial charge in [0.1, 0.15) is 5.82 Å². The fourth-order valence-corrected chi connectivity index (χ4v) is 2.43. The first kappa shape index (κ1) is 12.0. The first-order valence-corrected chi connectivity index (χ1v) is 6.42. The fraction of sp³-hybridized carbons (Fsp3) is 0.500. The van der Waals surface area contributed by atoms with Crippen molar-refractivity contribution in [2.24, 2.45) is 0 Å². The molecule has 0 unspecified atom stereocenters. The molecule has 1 saturated heterocycles. The molecule has 16 heavy (non-hydrogen) atoms. The Hall–Kier alpha value is -0.450. The van der Waals surface area contributed by atoms with Crippen molar-refractivity contribution in [1.82, 2.24) is 10.2 Å². The van der Waals surface area contributed by atoms with Gasteiger partial charge in [-0.3, -0.25) is 4.90 Å². The first-order valence-electron chi connectivity index (χ1n) is 5.63. The van der Waals surface area contributed by atoms with E-state index in [4.69, 9.17) is 0 Å². The molecule has 1 aliphatic heterocycles. The summed E-state index contributed by atoms with van der Waals surface area (Å²) in [7, 11) is 0. The molecule has 2 nitrogen and oxygen atoms in total. The highest BCUT2D eigenvalue weighted by Gasteiger charge is 2.10. The molecule has 1 fully saturated rings. The van der Waals surface area contributed by atoms with E-state index in [1.165, 1.54) is 18.6 Å². The van der Waals surface area contributed by atoms with Crippen LogP contribution in [0.5, 0.6) is 0 Å². The second kappa shape index (κ2) is 5.75. The minimum Gasteiger partial charge on any atom is -0.315 e. The maximum Gasteiger partial charge on any atom is 0.124 e. The zero-order valence-corrected chi connectivity index (χ0v) is 10.8. The van der Waals surface area contributed by atoms with E-state index >= 15 is 0 Å². The van der Waals surface area contributed by atoms with E-state index in [0.29, 0.717) is 0 Å². The van der Waals surface area contributed by atoms with Crippen LogP contribution >= 0.6 is 15.9 Å². The minimum absolute atomic E-state index is 0.187. The standard InChI is InChI=1S/C12H16BrFN2/c13-12-8-11(14)3-2-10(12)9-16-6-1-4-15-5-7-16/h2-3,8,15H,1,4-7,9H2. The second-order valence-electron chi connectivity index (χ2n) is 4.12. The third-order valence-corrected chi connectivity index (χ3v) is 3.58. The van der Waals surface area contributed by atoms with Crippen LogP contribution < -0.4 is 5.32 Å². The van der Waals surface area contributed by atoms with Gasteiger partial charge in [-0.1, -0.05) is 22.0 Å². The molecular formula is C12H16BrFN2. The van der Waals surface area contributed by atoms with Crippen molar-refractivity contribution in [2.75, 3.05) is 26.2 Å². The lowest BCUT2D eigenvalue weighted by Crippen LogP contribution is -2.27. The molecule has 0 atom stereocenters. The molecule has 0 aromatic heterocycles. The van der Waals surface area contributed by atoms with Crippen molar-refractivity contribution in [3.63, 3.8) is 0 Å². The predicted octanol–water partition coefficient (Wildman–Crippen LogP) is 2.38. The summed E-state index contributed by atoms with van der Waals surface area (Å²) in [6.45, 7) is 5.20. The van der Waals surface area contributed by atoms with Gasteiger partial charge < -0.3 is 5.32 Å². The highest BCUT2D eigenvalue weighted by molar-refractivity contribution is 9.10. The number of rotatable bonds is 2. The van der Waals surface area contributed by atoms with Gasteiger partial charge in [-0.25, -0.2) is 4.39 Å². The van der Waals surface area contributed by atoms with E-state index in [9.17, 15) is 4.39 Å². The average Bonchev–Trinajstić information content (AvgIpc) is 2.51. The molecule has 0 saturated carbocycles. The highest BCUT2D eigenvalue weighted by atomic mass is 79.9. The van der Waals surface area contributed by atoms with Crippen LogP contribution in [0, 0.1) is 5.82 Å². The quantitative estimate of drug-likeness (QED) is 0.898. The largest absolute Gasteiger partial charge is 0.315 e. The van der Waals surface area contributed by atoms with Gasteiger partial charge in [-0.2, -0.15) is 0 Å². The molecule has 1 aromatic carbocycles. The van der Waals surface area contributed by atoms with Crippen molar-refractivity contribution < 1.29 is 4.39 Å². The minimum atomic E-state index is -0.187. The van der Waals surface area contributed by atoms with Crippen molar-refractivity contribution in [3.05, 3.63) is 34.1 Å². The van der Waals surface area contributed by atoms with Crippen LogP contribution in [0.3, 0.4) is 0 Å². The molecule has 4 heteroatoms. The Balaban J connectivity index is 2.01. The van der Waals surface area contributed by atoms with E-state index in [2.05, 4.69) is 26.1 Å². The smallest absolute Gasteiger partial charge is 0.124 e. The SMILES string of the molecule is Fc1ccc(CN2CCCNCC2)c(Br)c1. The number of nitrogens with zero attached hydrogens (tertiary/aromatic N) is 1. The van der Waals surface area contributed by atoms with Crippen molar-refractivity contribution in [2.45, 2.75) is 13.0 Å². The Morgan fingerprint density at radius 3 is 3.00 bits per heavy atom. The highest BCUT2D eigenvalue weighted by Crippen LogP contribution is 2.19. The van der Waals surface area contributed by atoms with Crippen molar-refractivity contribution in [1.29, 1.82) is 0 Å². The number of nitrogens with one attached hydrogen (secondary N) is 1. The molecule has 1 aromatic rings. The van der Waals surface area contributed by atoms with Gasteiger partial charge in [0.2, 0.25) is 0 Å². The van der Waals surface area contributed by atoms with Gasteiger partial charge in [0, 0.05) is 24.1 Å². The first-order chi connectivity index (χ1) is 7.75. The van der Waals surface area contributed by atoms with E-state index in [1.54, 1.807) is 0 Å². The van der Waals surface area contributed by atoms with E-state index < -0.39 is 0 Å². The Labute approximate surface area is 104 Å². The maximum absolute atomic E-state index is 12.9. The second-order valence-corrected chi connectivity index (χ2v) is 4.97. The lowest BCUT2D eigenvalue weighted by molar-refractivity contribution is 0.284. The predicted molar refractivity (Wildman–Crippen MR) is 66.9 cm³/mol. The zero-order chi connectivity index (χ0) is 11.4. The Bertz CT molecular complexity index is 349. The van der Waals surface area contributed by atoms with Crippen LogP contribution in [0.1, 0.15) is 12.0 Å².